The van der Waals surface area contributed by atoms with Crippen LogP contribution in [0.15, 0.2) is 47.4 Å². The van der Waals surface area contributed by atoms with E-state index in [-0.39, 0.29) is 10.7 Å². The van der Waals surface area contributed by atoms with Crippen molar-refractivity contribution in [3.63, 3.8) is 0 Å². The predicted octanol–water partition coefficient (Wildman–Crippen LogP) is 2.35. The van der Waals surface area contributed by atoms with E-state index < -0.39 is 0 Å². The molecule has 0 amide bonds. The largest absolute Gasteiger partial charge is 0.497 e. The SMILES string of the molecule is COc1ccc(Cn2nc(Cl)c(-c3ccnn3C)cc2=O)cc1. The van der Waals surface area contributed by atoms with Gasteiger partial charge in [-0.05, 0) is 23.8 Å². The van der Waals surface area contributed by atoms with Gasteiger partial charge in [0.1, 0.15) is 5.75 Å². The van der Waals surface area contributed by atoms with Gasteiger partial charge in [-0.25, -0.2) is 4.68 Å². The van der Waals surface area contributed by atoms with Gasteiger partial charge in [-0.3, -0.25) is 9.48 Å². The van der Waals surface area contributed by atoms with Gasteiger partial charge >= 0.3 is 0 Å². The van der Waals surface area contributed by atoms with Gasteiger partial charge in [0.25, 0.3) is 5.56 Å². The number of halogens is 1. The molecule has 3 aromatic rings. The molecule has 0 saturated heterocycles. The van der Waals surface area contributed by atoms with E-state index in [4.69, 9.17) is 16.3 Å². The van der Waals surface area contributed by atoms with Crippen LogP contribution in [0.5, 0.6) is 5.75 Å². The first-order chi connectivity index (χ1) is 11.1. The van der Waals surface area contributed by atoms with Gasteiger partial charge in [0.2, 0.25) is 0 Å². The van der Waals surface area contributed by atoms with Crippen molar-refractivity contribution >= 4 is 11.6 Å². The van der Waals surface area contributed by atoms with Crippen molar-refractivity contribution in [3.8, 4) is 17.0 Å². The van der Waals surface area contributed by atoms with Crippen molar-refractivity contribution in [3.05, 3.63) is 63.7 Å². The standard InChI is InChI=1S/C16H15ClN4O2/c1-20-14(7-8-18-20)13-9-15(22)21(19-16(13)17)10-11-3-5-12(23-2)6-4-11/h3-9H,10H2,1-2H3. The summed E-state index contributed by atoms with van der Waals surface area (Å²) in [5, 5.41) is 8.55. The third-order valence-corrected chi connectivity index (χ3v) is 3.82. The van der Waals surface area contributed by atoms with Gasteiger partial charge in [0.05, 0.1) is 19.3 Å². The summed E-state index contributed by atoms with van der Waals surface area (Å²) in [7, 11) is 3.40. The molecule has 118 valence electrons. The number of aromatic nitrogens is 4. The highest BCUT2D eigenvalue weighted by Gasteiger charge is 2.12. The molecule has 0 aliphatic rings. The zero-order valence-electron chi connectivity index (χ0n) is 12.7. The molecular formula is C16H15ClN4O2. The first kappa shape index (κ1) is 15.3. The lowest BCUT2D eigenvalue weighted by Crippen LogP contribution is -2.23. The lowest BCUT2D eigenvalue weighted by atomic mass is 10.2. The molecule has 3 rings (SSSR count). The van der Waals surface area contributed by atoms with E-state index in [1.807, 2.05) is 24.3 Å². The van der Waals surface area contributed by atoms with Crippen LogP contribution in [0, 0.1) is 0 Å². The Morgan fingerprint density at radius 1 is 1.22 bits per heavy atom. The third-order valence-electron chi connectivity index (χ3n) is 3.54. The van der Waals surface area contributed by atoms with Crippen LogP contribution in [-0.4, -0.2) is 26.7 Å². The molecule has 0 radical (unpaired) electrons. The molecule has 0 spiro atoms. The maximum absolute atomic E-state index is 12.3. The molecule has 0 saturated carbocycles. The number of hydrogen-bond donors (Lipinski definition) is 0. The van der Waals surface area contributed by atoms with Crippen LogP contribution < -0.4 is 10.3 Å². The number of ether oxygens (including phenoxy) is 1. The summed E-state index contributed by atoms with van der Waals surface area (Å²) in [6, 6.07) is 10.7. The molecule has 2 aromatic heterocycles. The van der Waals surface area contributed by atoms with Crippen LogP contribution in [-0.2, 0) is 13.6 Å². The van der Waals surface area contributed by atoms with Crippen LogP contribution in [0.1, 0.15) is 5.56 Å². The first-order valence-electron chi connectivity index (χ1n) is 6.97. The maximum Gasteiger partial charge on any atom is 0.267 e. The maximum atomic E-state index is 12.3. The fourth-order valence-electron chi connectivity index (χ4n) is 2.30. The van der Waals surface area contributed by atoms with E-state index in [0.717, 1.165) is 17.0 Å². The Morgan fingerprint density at radius 2 is 1.96 bits per heavy atom. The molecule has 0 N–H and O–H groups in total. The Hall–Kier alpha value is -2.60. The zero-order valence-corrected chi connectivity index (χ0v) is 13.5. The highest BCUT2D eigenvalue weighted by atomic mass is 35.5. The molecule has 23 heavy (non-hydrogen) atoms. The Kier molecular flexibility index (Phi) is 4.16. The van der Waals surface area contributed by atoms with Gasteiger partial charge < -0.3 is 4.74 Å². The average molecular weight is 331 g/mol. The summed E-state index contributed by atoms with van der Waals surface area (Å²) in [5.74, 6) is 0.763. The molecular weight excluding hydrogens is 316 g/mol. The van der Waals surface area contributed by atoms with Crippen molar-refractivity contribution < 1.29 is 4.74 Å². The van der Waals surface area contributed by atoms with Crippen LogP contribution in [0.25, 0.3) is 11.3 Å². The highest BCUT2D eigenvalue weighted by Crippen LogP contribution is 2.23. The van der Waals surface area contributed by atoms with Gasteiger partial charge in [0.15, 0.2) is 5.15 Å². The molecule has 1 aromatic carbocycles. The van der Waals surface area contributed by atoms with Gasteiger partial charge in [0, 0.05) is 24.9 Å². The summed E-state index contributed by atoms with van der Waals surface area (Å²) in [5.41, 5.74) is 2.03. The lowest BCUT2D eigenvalue weighted by Gasteiger charge is -2.09. The first-order valence-corrected chi connectivity index (χ1v) is 7.35. The van der Waals surface area contributed by atoms with Gasteiger partial charge in [-0.2, -0.15) is 10.2 Å². The van der Waals surface area contributed by atoms with Crippen LogP contribution in [0.2, 0.25) is 5.15 Å². The smallest absolute Gasteiger partial charge is 0.267 e. The quantitative estimate of drug-likeness (QED) is 0.736. The number of benzene rings is 1. The molecule has 0 unspecified atom stereocenters. The Balaban J connectivity index is 1.93. The second kappa shape index (κ2) is 6.26. The van der Waals surface area contributed by atoms with E-state index in [0.29, 0.717) is 12.1 Å². The Morgan fingerprint density at radius 3 is 2.57 bits per heavy atom. The van der Waals surface area contributed by atoms with Crippen LogP contribution >= 0.6 is 11.6 Å². The molecule has 0 atom stereocenters. The van der Waals surface area contributed by atoms with E-state index in [1.165, 1.54) is 10.7 Å². The lowest BCUT2D eigenvalue weighted by molar-refractivity contribution is 0.414. The number of rotatable bonds is 4. The molecule has 0 fully saturated rings. The molecule has 2 heterocycles. The van der Waals surface area contributed by atoms with Crippen LogP contribution in [0.3, 0.4) is 0 Å². The fourth-order valence-corrected chi connectivity index (χ4v) is 2.54. The predicted molar refractivity (Wildman–Crippen MR) is 87.8 cm³/mol. The summed E-state index contributed by atoms with van der Waals surface area (Å²) < 4.78 is 8.10. The summed E-state index contributed by atoms with van der Waals surface area (Å²) in [6.07, 6.45) is 1.65. The summed E-state index contributed by atoms with van der Waals surface area (Å²) in [4.78, 5) is 12.3. The molecule has 6 nitrogen and oxygen atoms in total. The second-order valence-electron chi connectivity index (χ2n) is 5.03. The van der Waals surface area contributed by atoms with Gasteiger partial charge in [-0.15, -0.1) is 0 Å². The van der Waals surface area contributed by atoms with E-state index >= 15 is 0 Å². The van der Waals surface area contributed by atoms with Gasteiger partial charge in [-0.1, -0.05) is 23.7 Å². The summed E-state index contributed by atoms with van der Waals surface area (Å²) in [6.45, 7) is 0.341. The Labute approximate surface area is 137 Å². The van der Waals surface area contributed by atoms with E-state index in [1.54, 1.807) is 31.1 Å². The van der Waals surface area contributed by atoms with Crippen molar-refractivity contribution in [1.29, 1.82) is 0 Å². The zero-order chi connectivity index (χ0) is 16.4. The summed E-state index contributed by atoms with van der Waals surface area (Å²) >= 11 is 6.25. The molecule has 0 aliphatic heterocycles. The molecule has 7 heteroatoms. The highest BCUT2D eigenvalue weighted by molar-refractivity contribution is 6.31. The number of nitrogens with zero attached hydrogens (tertiary/aromatic N) is 4. The molecule has 0 bridgehead atoms. The topological polar surface area (TPSA) is 61.9 Å². The normalized spacial score (nSPS) is 10.7. The van der Waals surface area contributed by atoms with Crippen molar-refractivity contribution in [2.24, 2.45) is 7.05 Å². The minimum Gasteiger partial charge on any atom is -0.497 e. The number of hydrogen-bond acceptors (Lipinski definition) is 4. The van der Waals surface area contributed by atoms with Crippen molar-refractivity contribution in [1.82, 2.24) is 19.6 Å². The van der Waals surface area contributed by atoms with E-state index in [9.17, 15) is 4.79 Å². The Bertz CT molecular complexity index is 884. The average Bonchev–Trinajstić information content (AvgIpc) is 2.97. The third kappa shape index (κ3) is 3.12. The monoisotopic (exact) mass is 330 g/mol. The van der Waals surface area contributed by atoms with E-state index in [2.05, 4.69) is 10.2 Å². The number of aryl methyl sites for hydroxylation is 1. The van der Waals surface area contributed by atoms with Crippen molar-refractivity contribution in [2.45, 2.75) is 6.54 Å². The number of methoxy groups -OCH3 is 1. The minimum absolute atomic E-state index is 0.221. The minimum atomic E-state index is -0.221. The fraction of sp³-hybridized carbons (Fsp3) is 0.188. The van der Waals surface area contributed by atoms with Crippen LogP contribution in [0.4, 0.5) is 0 Å². The van der Waals surface area contributed by atoms with Crippen molar-refractivity contribution in [2.75, 3.05) is 7.11 Å². The second-order valence-corrected chi connectivity index (χ2v) is 5.39. The molecule has 0 aliphatic carbocycles.